The van der Waals surface area contributed by atoms with Gasteiger partial charge in [-0.15, -0.1) is 13.2 Å². The summed E-state index contributed by atoms with van der Waals surface area (Å²) >= 11 is 0. The van der Waals surface area contributed by atoms with Crippen LogP contribution in [-0.2, 0) is 4.74 Å². The Bertz CT molecular complexity index is 564. The van der Waals surface area contributed by atoms with Gasteiger partial charge in [-0.2, -0.15) is 0 Å². The number of ether oxygens (including phenoxy) is 1. The first-order chi connectivity index (χ1) is 10.0. The molecule has 0 bridgehead atoms. The Morgan fingerprint density at radius 2 is 2.18 bits per heavy atom. The number of nitrogens with zero attached hydrogens (tertiary/aromatic N) is 2. The minimum Gasteiger partial charge on any atom is -0.387 e. The predicted molar refractivity (Wildman–Crippen MR) is 92.4 cm³/mol. The van der Waals surface area contributed by atoms with E-state index in [1.165, 1.54) is 0 Å². The van der Waals surface area contributed by atoms with Crippen LogP contribution in [0.2, 0.25) is 0 Å². The molecule has 1 fully saturated rings. The highest BCUT2D eigenvalue weighted by molar-refractivity contribution is 7.72. The summed E-state index contributed by atoms with van der Waals surface area (Å²) in [6.45, 7) is 8.44. The highest BCUT2D eigenvalue weighted by Crippen LogP contribution is 2.41. The van der Waals surface area contributed by atoms with Crippen molar-refractivity contribution in [3.8, 4) is 0 Å². The molecule has 0 aromatic heterocycles. The SMILES string of the molecule is C=C1N=C(N)C=CN1C1OC(CCP(=C)(C)C)[C@@H](O)[C@]1(C)O. The molecule has 0 spiro atoms. The molecule has 22 heavy (non-hydrogen) atoms. The van der Waals surface area contributed by atoms with Crippen LogP contribution in [-0.4, -0.2) is 70.8 Å². The molecule has 0 amide bonds. The van der Waals surface area contributed by atoms with E-state index in [0.29, 0.717) is 18.1 Å². The fourth-order valence-electron chi connectivity index (χ4n) is 2.65. The zero-order chi connectivity index (χ0) is 16.7. The summed E-state index contributed by atoms with van der Waals surface area (Å²) in [7, 11) is 0. The number of aliphatic hydroxyl groups is 2. The summed E-state index contributed by atoms with van der Waals surface area (Å²) in [6.07, 6.45) is 6.82. The van der Waals surface area contributed by atoms with Gasteiger partial charge in [-0.1, -0.05) is 6.58 Å². The van der Waals surface area contributed by atoms with Gasteiger partial charge in [-0.25, -0.2) is 4.99 Å². The molecule has 2 aliphatic heterocycles. The van der Waals surface area contributed by atoms with Crippen molar-refractivity contribution < 1.29 is 14.9 Å². The van der Waals surface area contributed by atoms with E-state index in [9.17, 15) is 10.2 Å². The Labute approximate surface area is 131 Å². The first-order valence-corrected chi connectivity index (χ1v) is 10.3. The summed E-state index contributed by atoms with van der Waals surface area (Å²) in [6, 6.07) is 0. The molecule has 0 aliphatic carbocycles. The maximum Gasteiger partial charge on any atom is 0.166 e. The van der Waals surface area contributed by atoms with Gasteiger partial charge >= 0.3 is 0 Å². The van der Waals surface area contributed by atoms with Crippen LogP contribution < -0.4 is 5.73 Å². The summed E-state index contributed by atoms with van der Waals surface area (Å²) in [5, 5.41) is 21.1. The largest absolute Gasteiger partial charge is 0.387 e. The van der Waals surface area contributed by atoms with Crippen molar-refractivity contribution in [2.75, 3.05) is 19.5 Å². The molecule has 2 aliphatic rings. The topological polar surface area (TPSA) is 91.3 Å². The standard InChI is InChI=1S/C15H26N3O3P/c1-10-17-12(16)6-8-18(10)14-15(2,20)13(19)11(21-14)7-9-22(3,4)5/h6,8,11,13-14,19-20H,1,3,7,9H2,2,4-5H3,(H2,16,17)/t11?,13-,14?,15+/m1/s1. The van der Waals surface area contributed by atoms with Crippen LogP contribution >= 0.6 is 6.89 Å². The van der Waals surface area contributed by atoms with Crippen molar-refractivity contribution in [3.05, 3.63) is 24.7 Å². The van der Waals surface area contributed by atoms with Crippen LogP contribution in [0.3, 0.4) is 0 Å². The second-order valence-corrected chi connectivity index (χ2v) is 11.1. The summed E-state index contributed by atoms with van der Waals surface area (Å²) in [5.41, 5.74) is 4.20. The highest BCUT2D eigenvalue weighted by atomic mass is 31.2. The minimum atomic E-state index is -1.43. The summed E-state index contributed by atoms with van der Waals surface area (Å²) in [4.78, 5) is 5.67. The third kappa shape index (κ3) is 3.46. The van der Waals surface area contributed by atoms with Gasteiger partial charge in [-0.05, 0) is 38.9 Å². The fourth-order valence-corrected chi connectivity index (χ4v) is 3.60. The lowest BCUT2D eigenvalue weighted by atomic mass is 9.95. The zero-order valence-corrected chi connectivity index (χ0v) is 14.3. The van der Waals surface area contributed by atoms with Crippen molar-refractivity contribution >= 4 is 19.0 Å². The smallest absolute Gasteiger partial charge is 0.166 e. The fraction of sp³-hybridized carbons (Fsp3) is 0.600. The molecule has 6 nitrogen and oxygen atoms in total. The van der Waals surface area contributed by atoms with Gasteiger partial charge in [-0.3, -0.25) is 0 Å². The van der Waals surface area contributed by atoms with Gasteiger partial charge in [0, 0.05) is 6.20 Å². The molecule has 2 unspecified atom stereocenters. The first kappa shape index (κ1) is 17.3. The minimum absolute atomic E-state index is 0.347. The maximum absolute atomic E-state index is 10.7. The van der Waals surface area contributed by atoms with E-state index in [2.05, 4.69) is 31.2 Å². The molecule has 2 rings (SSSR count). The lowest BCUT2D eigenvalue weighted by Gasteiger charge is -2.35. The molecule has 0 aromatic rings. The van der Waals surface area contributed by atoms with Gasteiger partial charge < -0.3 is 25.6 Å². The van der Waals surface area contributed by atoms with Crippen LogP contribution in [0.1, 0.15) is 13.3 Å². The molecule has 4 N–H and O–H groups in total. The molecule has 0 radical (unpaired) electrons. The number of amidine groups is 1. The van der Waals surface area contributed by atoms with Gasteiger partial charge in [0.2, 0.25) is 0 Å². The molecule has 124 valence electrons. The molecule has 7 heteroatoms. The van der Waals surface area contributed by atoms with Crippen LogP contribution in [0.4, 0.5) is 0 Å². The normalized spacial score (nSPS) is 35.9. The Morgan fingerprint density at radius 1 is 1.55 bits per heavy atom. The second kappa shape index (κ2) is 5.85. The monoisotopic (exact) mass is 327 g/mol. The van der Waals surface area contributed by atoms with Crippen molar-refractivity contribution in [3.63, 3.8) is 0 Å². The van der Waals surface area contributed by atoms with E-state index in [-0.39, 0.29) is 0 Å². The first-order valence-electron chi connectivity index (χ1n) is 7.25. The third-order valence-corrected chi connectivity index (χ3v) is 5.46. The van der Waals surface area contributed by atoms with Crippen LogP contribution in [0.25, 0.3) is 0 Å². The number of rotatable bonds is 4. The van der Waals surface area contributed by atoms with E-state index in [4.69, 9.17) is 10.5 Å². The number of hydrogen-bond acceptors (Lipinski definition) is 6. The summed E-state index contributed by atoms with van der Waals surface area (Å²) in [5.74, 6) is 0.725. The molecule has 2 heterocycles. The molecular weight excluding hydrogens is 301 g/mol. The maximum atomic E-state index is 10.7. The second-order valence-electron chi connectivity index (χ2n) is 6.82. The van der Waals surface area contributed by atoms with Crippen molar-refractivity contribution in [2.45, 2.75) is 37.4 Å². The average Bonchev–Trinajstić information content (AvgIpc) is 2.59. The van der Waals surface area contributed by atoms with Gasteiger partial charge in [0.05, 0.1) is 6.10 Å². The number of aliphatic imine (C=N–C) groups is 1. The van der Waals surface area contributed by atoms with E-state index in [1.54, 1.807) is 24.1 Å². The summed E-state index contributed by atoms with van der Waals surface area (Å²) < 4.78 is 5.92. The van der Waals surface area contributed by atoms with Gasteiger partial charge in [0.15, 0.2) is 6.23 Å². The Morgan fingerprint density at radius 3 is 2.73 bits per heavy atom. The van der Waals surface area contributed by atoms with Crippen LogP contribution in [0, 0.1) is 0 Å². The number of hydrogen-bond donors (Lipinski definition) is 3. The quantitative estimate of drug-likeness (QED) is 0.657. The Hall–Kier alpha value is -1.07. The number of aliphatic hydroxyl groups excluding tert-OH is 1. The number of nitrogens with two attached hydrogens (primary N) is 1. The van der Waals surface area contributed by atoms with Gasteiger partial charge in [0.25, 0.3) is 0 Å². The molecular formula is C15H26N3O3P. The van der Waals surface area contributed by atoms with Gasteiger partial charge in [0.1, 0.15) is 23.4 Å². The van der Waals surface area contributed by atoms with E-state index in [1.807, 2.05) is 0 Å². The third-order valence-electron chi connectivity index (χ3n) is 3.99. The Kier molecular flexibility index (Phi) is 4.60. The zero-order valence-electron chi connectivity index (χ0n) is 13.4. The molecule has 0 aromatic carbocycles. The molecule has 4 atom stereocenters. The molecule has 0 saturated carbocycles. The van der Waals surface area contributed by atoms with Crippen LogP contribution in [0.5, 0.6) is 0 Å². The lowest BCUT2D eigenvalue weighted by molar-refractivity contribution is -0.109. The predicted octanol–water partition coefficient (Wildman–Crippen LogP) is 0.580. The van der Waals surface area contributed by atoms with Crippen molar-refractivity contribution in [1.82, 2.24) is 4.90 Å². The molecule has 1 saturated heterocycles. The lowest BCUT2D eigenvalue weighted by Crippen LogP contribution is -2.51. The Balaban J connectivity index is 2.15. The van der Waals surface area contributed by atoms with Crippen molar-refractivity contribution in [1.29, 1.82) is 0 Å². The van der Waals surface area contributed by atoms with E-state index < -0.39 is 30.9 Å². The average molecular weight is 327 g/mol. The van der Waals surface area contributed by atoms with E-state index in [0.717, 1.165) is 6.16 Å². The van der Waals surface area contributed by atoms with E-state index >= 15 is 0 Å². The highest BCUT2D eigenvalue weighted by Gasteiger charge is 2.54. The van der Waals surface area contributed by atoms with Crippen LogP contribution in [0.15, 0.2) is 29.7 Å². The van der Waals surface area contributed by atoms with Crippen molar-refractivity contribution in [2.24, 2.45) is 10.7 Å².